The number of aromatic nitrogens is 1. The second kappa shape index (κ2) is 6.74. The maximum atomic E-state index is 11.9. The number of ether oxygens (including phenoxy) is 1. The summed E-state index contributed by atoms with van der Waals surface area (Å²) in [6.45, 7) is 1.99. The lowest BCUT2D eigenvalue weighted by Gasteiger charge is -2.07. The molecule has 1 N–H and O–H groups in total. The highest BCUT2D eigenvalue weighted by atomic mass is 16.5. The van der Waals surface area contributed by atoms with Gasteiger partial charge in [-0.15, -0.1) is 0 Å². The van der Waals surface area contributed by atoms with Gasteiger partial charge in [-0.05, 0) is 30.3 Å². The molecule has 5 nitrogen and oxygen atoms in total. The van der Waals surface area contributed by atoms with Gasteiger partial charge in [0.1, 0.15) is 12.3 Å². The van der Waals surface area contributed by atoms with E-state index < -0.39 is 0 Å². The Balaban J connectivity index is 1.94. The molecule has 2 aromatic rings. The lowest BCUT2D eigenvalue weighted by molar-refractivity contribution is -0.116. The number of carbonyl (C=O) groups excluding carboxylic acids is 2. The van der Waals surface area contributed by atoms with Crippen LogP contribution in [-0.2, 0) is 11.3 Å². The van der Waals surface area contributed by atoms with Crippen LogP contribution in [0.15, 0.2) is 42.7 Å². The highest BCUT2D eigenvalue weighted by Gasteiger charge is 2.08. The SMILES string of the molecule is CCC(=O)c1ccn(CC(=O)Nc2ccc(OC)cc2)c1. The topological polar surface area (TPSA) is 60.3 Å². The minimum atomic E-state index is -0.147. The fourth-order valence-corrected chi connectivity index (χ4v) is 1.95. The van der Waals surface area contributed by atoms with E-state index in [1.54, 1.807) is 54.4 Å². The summed E-state index contributed by atoms with van der Waals surface area (Å²) >= 11 is 0. The molecule has 0 spiro atoms. The lowest BCUT2D eigenvalue weighted by atomic mass is 10.2. The van der Waals surface area contributed by atoms with Gasteiger partial charge in [0.25, 0.3) is 0 Å². The Kier molecular flexibility index (Phi) is 4.77. The number of carbonyl (C=O) groups is 2. The van der Waals surface area contributed by atoms with Gasteiger partial charge in [0.05, 0.1) is 7.11 Å². The van der Waals surface area contributed by atoms with E-state index in [4.69, 9.17) is 4.74 Å². The van der Waals surface area contributed by atoms with Crippen molar-refractivity contribution in [3.05, 3.63) is 48.3 Å². The van der Waals surface area contributed by atoms with Crippen LogP contribution in [-0.4, -0.2) is 23.4 Å². The molecule has 1 aromatic heterocycles. The van der Waals surface area contributed by atoms with Gasteiger partial charge < -0.3 is 14.6 Å². The van der Waals surface area contributed by atoms with Crippen molar-refractivity contribution in [2.24, 2.45) is 0 Å². The van der Waals surface area contributed by atoms with Gasteiger partial charge in [-0.1, -0.05) is 6.92 Å². The van der Waals surface area contributed by atoms with Crippen molar-refractivity contribution >= 4 is 17.4 Å². The summed E-state index contributed by atoms with van der Waals surface area (Å²) in [5, 5.41) is 2.79. The van der Waals surface area contributed by atoms with Crippen molar-refractivity contribution in [3.63, 3.8) is 0 Å². The molecule has 0 aliphatic carbocycles. The highest BCUT2D eigenvalue weighted by molar-refractivity contribution is 5.96. The first kappa shape index (κ1) is 14.8. The van der Waals surface area contributed by atoms with Gasteiger partial charge in [-0.25, -0.2) is 0 Å². The molecular formula is C16H18N2O3. The lowest BCUT2D eigenvalue weighted by Crippen LogP contribution is -2.17. The molecule has 0 atom stereocenters. The number of hydrogen-bond donors (Lipinski definition) is 1. The van der Waals surface area contributed by atoms with Gasteiger partial charge in [0.2, 0.25) is 5.91 Å². The maximum absolute atomic E-state index is 11.9. The number of Topliss-reactive ketones (excluding diaryl/α,β-unsaturated/α-hetero) is 1. The summed E-state index contributed by atoms with van der Waals surface area (Å²) in [7, 11) is 1.59. The number of ketones is 1. The van der Waals surface area contributed by atoms with E-state index in [1.165, 1.54) is 0 Å². The van der Waals surface area contributed by atoms with Crippen LogP contribution in [0.1, 0.15) is 23.7 Å². The van der Waals surface area contributed by atoms with E-state index in [0.717, 1.165) is 5.75 Å². The largest absolute Gasteiger partial charge is 0.497 e. The first-order valence-corrected chi connectivity index (χ1v) is 6.75. The van der Waals surface area contributed by atoms with Gasteiger partial charge >= 0.3 is 0 Å². The van der Waals surface area contributed by atoms with Crippen LogP contribution in [0.4, 0.5) is 5.69 Å². The van der Waals surface area contributed by atoms with Gasteiger partial charge in [-0.2, -0.15) is 0 Å². The number of hydrogen-bond acceptors (Lipinski definition) is 3. The Labute approximate surface area is 123 Å². The maximum Gasteiger partial charge on any atom is 0.244 e. The molecule has 0 saturated carbocycles. The average Bonchev–Trinajstić information content (AvgIpc) is 2.95. The van der Waals surface area contributed by atoms with Crippen molar-refractivity contribution in [2.75, 3.05) is 12.4 Å². The zero-order valence-corrected chi connectivity index (χ0v) is 12.1. The first-order valence-electron chi connectivity index (χ1n) is 6.75. The summed E-state index contributed by atoms with van der Waals surface area (Å²) < 4.78 is 6.75. The Morgan fingerprint density at radius 3 is 2.52 bits per heavy atom. The molecule has 2 rings (SSSR count). The highest BCUT2D eigenvalue weighted by Crippen LogP contribution is 2.15. The summed E-state index contributed by atoms with van der Waals surface area (Å²) in [5.74, 6) is 0.664. The minimum absolute atomic E-state index is 0.0734. The first-order chi connectivity index (χ1) is 10.1. The van der Waals surface area contributed by atoms with Crippen LogP contribution in [0.3, 0.4) is 0 Å². The number of benzene rings is 1. The summed E-state index contributed by atoms with van der Waals surface area (Å²) in [6, 6.07) is 8.84. The summed E-state index contributed by atoms with van der Waals surface area (Å²) in [6.07, 6.45) is 3.89. The smallest absolute Gasteiger partial charge is 0.244 e. The quantitative estimate of drug-likeness (QED) is 0.831. The van der Waals surface area contributed by atoms with E-state index in [9.17, 15) is 9.59 Å². The number of amides is 1. The van der Waals surface area contributed by atoms with Crippen molar-refractivity contribution in [2.45, 2.75) is 19.9 Å². The van der Waals surface area contributed by atoms with Crippen LogP contribution in [0.25, 0.3) is 0 Å². The summed E-state index contributed by atoms with van der Waals surface area (Å²) in [4.78, 5) is 23.5. The molecule has 5 heteroatoms. The van der Waals surface area contributed by atoms with Crippen LogP contribution >= 0.6 is 0 Å². The monoisotopic (exact) mass is 286 g/mol. The second-order valence-electron chi connectivity index (χ2n) is 4.63. The van der Waals surface area contributed by atoms with Gasteiger partial charge in [-0.3, -0.25) is 9.59 Å². The van der Waals surface area contributed by atoms with Crippen LogP contribution < -0.4 is 10.1 Å². The molecule has 1 aromatic carbocycles. The zero-order chi connectivity index (χ0) is 15.2. The van der Waals surface area contributed by atoms with Gasteiger partial charge in [0, 0.05) is 30.1 Å². The molecule has 0 aliphatic rings. The standard InChI is InChI=1S/C16H18N2O3/c1-3-15(19)12-8-9-18(10-12)11-16(20)17-13-4-6-14(21-2)7-5-13/h4-10H,3,11H2,1-2H3,(H,17,20). The molecule has 1 amide bonds. The molecule has 1 heterocycles. The molecule has 0 saturated heterocycles. The van der Waals surface area contributed by atoms with Crippen molar-refractivity contribution in [3.8, 4) is 5.75 Å². The van der Waals surface area contributed by atoms with E-state index in [1.807, 2.05) is 6.92 Å². The number of nitrogens with one attached hydrogen (secondary N) is 1. The van der Waals surface area contributed by atoms with Gasteiger partial charge in [0.15, 0.2) is 5.78 Å². The van der Waals surface area contributed by atoms with E-state index in [2.05, 4.69) is 5.32 Å². The minimum Gasteiger partial charge on any atom is -0.497 e. The van der Waals surface area contributed by atoms with E-state index in [0.29, 0.717) is 17.7 Å². The summed E-state index contributed by atoms with van der Waals surface area (Å²) in [5.41, 5.74) is 1.34. The fourth-order valence-electron chi connectivity index (χ4n) is 1.95. The molecule has 110 valence electrons. The van der Waals surface area contributed by atoms with Crippen LogP contribution in [0, 0.1) is 0 Å². The fraction of sp³-hybridized carbons (Fsp3) is 0.250. The third-order valence-corrected chi connectivity index (χ3v) is 3.09. The van der Waals surface area contributed by atoms with Crippen molar-refractivity contribution in [1.82, 2.24) is 4.57 Å². The molecule has 0 fully saturated rings. The predicted octanol–water partition coefficient (Wildman–Crippen LogP) is 2.73. The van der Waals surface area contributed by atoms with E-state index in [-0.39, 0.29) is 18.2 Å². The second-order valence-corrected chi connectivity index (χ2v) is 4.63. The molecule has 0 unspecified atom stereocenters. The third kappa shape index (κ3) is 3.95. The normalized spacial score (nSPS) is 10.2. The predicted molar refractivity (Wildman–Crippen MR) is 80.7 cm³/mol. The van der Waals surface area contributed by atoms with Crippen molar-refractivity contribution in [1.29, 1.82) is 0 Å². The Morgan fingerprint density at radius 2 is 1.90 bits per heavy atom. The number of methoxy groups -OCH3 is 1. The molecule has 0 aliphatic heterocycles. The van der Waals surface area contributed by atoms with Crippen LogP contribution in [0.2, 0.25) is 0 Å². The third-order valence-electron chi connectivity index (χ3n) is 3.09. The van der Waals surface area contributed by atoms with E-state index >= 15 is 0 Å². The Morgan fingerprint density at radius 1 is 1.19 bits per heavy atom. The molecule has 0 bridgehead atoms. The van der Waals surface area contributed by atoms with Crippen LogP contribution in [0.5, 0.6) is 5.75 Å². The molecular weight excluding hydrogens is 268 g/mol. The zero-order valence-electron chi connectivity index (χ0n) is 12.1. The number of anilines is 1. The average molecular weight is 286 g/mol. The number of nitrogens with zero attached hydrogens (tertiary/aromatic N) is 1. The molecule has 21 heavy (non-hydrogen) atoms. The Bertz CT molecular complexity index is 629. The molecule has 0 radical (unpaired) electrons. The number of rotatable bonds is 6. The Hall–Kier alpha value is -2.56. The van der Waals surface area contributed by atoms with Crippen molar-refractivity contribution < 1.29 is 14.3 Å².